The van der Waals surface area contributed by atoms with Crippen LogP contribution in [0.3, 0.4) is 0 Å². The Hall–Kier alpha value is -1.98. The zero-order valence-electron chi connectivity index (χ0n) is 18.6. The Morgan fingerprint density at radius 3 is 2.91 bits per heavy atom. The SMILES string of the molecule is CC1CC2=CCC(CN3CC4CCN(c5ccc(-c6ccc(F)cc6Cl)nn5)C4C3)(C2)C1. The van der Waals surface area contributed by atoms with Crippen LogP contribution in [0.25, 0.3) is 11.3 Å². The van der Waals surface area contributed by atoms with Crippen LogP contribution in [-0.4, -0.2) is 47.3 Å². The molecule has 3 heterocycles. The number of nitrogens with zero attached hydrogens (tertiary/aromatic N) is 4. The summed E-state index contributed by atoms with van der Waals surface area (Å²) in [5.41, 5.74) is 3.59. The number of aromatic nitrogens is 2. The maximum absolute atomic E-state index is 13.4. The normalized spacial score (nSPS) is 31.8. The number of halogens is 2. The van der Waals surface area contributed by atoms with E-state index in [2.05, 4.69) is 33.0 Å². The first kappa shape index (κ1) is 20.6. The Labute approximate surface area is 194 Å². The average molecular weight is 453 g/mol. The van der Waals surface area contributed by atoms with E-state index in [0.717, 1.165) is 24.8 Å². The van der Waals surface area contributed by atoms with Gasteiger partial charge in [-0.1, -0.05) is 30.2 Å². The maximum atomic E-state index is 13.4. The number of hydrogen-bond donors (Lipinski definition) is 0. The average Bonchev–Trinajstić information content (AvgIpc) is 3.41. The van der Waals surface area contributed by atoms with Gasteiger partial charge in [0, 0.05) is 37.8 Å². The summed E-state index contributed by atoms with van der Waals surface area (Å²) in [6.07, 6.45) is 9.06. The summed E-state index contributed by atoms with van der Waals surface area (Å²) in [6.45, 7) is 7.05. The summed E-state index contributed by atoms with van der Waals surface area (Å²) in [7, 11) is 0. The first-order valence-electron chi connectivity index (χ1n) is 11.9. The van der Waals surface area contributed by atoms with E-state index in [-0.39, 0.29) is 5.82 Å². The summed E-state index contributed by atoms with van der Waals surface area (Å²) in [5.74, 6) is 2.15. The summed E-state index contributed by atoms with van der Waals surface area (Å²) in [6, 6.07) is 8.91. The van der Waals surface area contributed by atoms with Gasteiger partial charge in [-0.05, 0) is 79.7 Å². The van der Waals surface area contributed by atoms with Gasteiger partial charge in [-0.25, -0.2) is 4.39 Å². The van der Waals surface area contributed by atoms with Gasteiger partial charge in [0.2, 0.25) is 0 Å². The van der Waals surface area contributed by atoms with Gasteiger partial charge in [0.25, 0.3) is 0 Å². The van der Waals surface area contributed by atoms with Crippen molar-refractivity contribution in [2.45, 2.75) is 45.1 Å². The molecule has 4 atom stereocenters. The van der Waals surface area contributed by atoms with Gasteiger partial charge in [0.05, 0.1) is 10.7 Å². The fourth-order valence-electron chi connectivity index (χ4n) is 7.00. The van der Waals surface area contributed by atoms with Crippen molar-refractivity contribution in [3.63, 3.8) is 0 Å². The van der Waals surface area contributed by atoms with Gasteiger partial charge < -0.3 is 9.80 Å². The second-order valence-corrected chi connectivity index (χ2v) is 11.1. The van der Waals surface area contributed by atoms with E-state index in [0.29, 0.717) is 33.7 Å². The number of rotatable bonds is 4. The van der Waals surface area contributed by atoms with Crippen molar-refractivity contribution >= 4 is 17.4 Å². The number of hydrogen-bond acceptors (Lipinski definition) is 4. The van der Waals surface area contributed by atoms with Gasteiger partial charge in [0.1, 0.15) is 5.82 Å². The number of anilines is 1. The molecule has 0 N–H and O–H groups in total. The minimum absolute atomic E-state index is 0.343. The summed E-state index contributed by atoms with van der Waals surface area (Å²) in [5, 5.41) is 9.34. The predicted molar refractivity (Wildman–Crippen MR) is 126 cm³/mol. The van der Waals surface area contributed by atoms with Gasteiger partial charge in [-0.15, -0.1) is 10.2 Å². The van der Waals surface area contributed by atoms with Crippen molar-refractivity contribution in [2.75, 3.05) is 31.1 Å². The molecule has 2 bridgehead atoms. The molecule has 2 aliphatic heterocycles. The molecule has 0 radical (unpaired) electrons. The first-order chi connectivity index (χ1) is 15.5. The molecule has 2 saturated heterocycles. The van der Waals surface area contributed by atoms with Crippen molar-refractivity contribution in [1.82, 2.24) is 15.1 Å². The predicted octanol–water partition coefficient (Wildman–Crippen LogP) is 5.58. The Bertz CT molecular complexity index is 1050. The summed E-state index contributed by atoms with van der Waals surface area (Å²) in [4.78, 5) is 5.18. The third-order valence-corrected chi connectivity index (χ3v) is 8.46. The summed E-state index contributed by atoms with van der Waals surface area (Å²) >= 11 is 6.21. The molecule has 0 spiro atoms. The molecule has 1 saturated carbocycles. The lowest BCUT2D eigenvalue weighted by Crippen LogP contribution is -2.41. The van der Waals surface area contributed by atoms with E-state index >= 15 is 0 Å². The molecule has 4 unspecified atom stereocenters. The Morgan fingerprint density at radius 1 is 1.19 bits per heavy atom. The van der Waals surface area contributed by atoms with E-state index in [1.807, 2.05) is 12.1 Å². The fourth-order valence-corrected chi connectivity index (χ4v) is 7.26. The zero-order chi connectivity index (χ0) is 21.9. The highest BCUT2D eigenvalue weighted by Crippen LogP contribution is 2.51. The molecular weight excluding hydrogens is 423 g/mol. The molecule has 0 amide bonds. The Balaban J connectivity index is 1.15. The monoisotopic (exact) mass is 452 g/mol. The molecule has 6 heteroatoms. The molecule has 1 aromatic heterocycles. The molecule has 2 aliphatic carbocycles. The largest absolute Gasteiger partial charge is 0.351 e. The second-order valence-electron chi connectivity index (χ2n) is 10.7. The highest BCUT2D eigenvalue weighted by molar-refractivity contribution is 6.33. The minimum Gasteiger partial charge on any atom is -0.351 e. The molecule has 32 heavy (non-hydrogen) atoms. The van der Waals surface area contributed by atoms with Crippen LogP contribution in [0.2, 0.25) is 5.02 Å². The quantitative estimate of drug-likeness (QED) is 0.566. The maximum Gasteiger partial charge on any atom is 0.151 e. The highest BCUT2D eigenvalue weighted by atomic mass is 35.5. The number of allylic oxidation sites excluding steroid dienone is 2. The van der Waals surface area contributed by atoms with Crippen molar-refractivity contribution in [3.8, 4) is 11.3 Å². The fraction of sp³-hybridized carbons (Fsp3) is 0.538. The van der Waals surface area contributed by atoms with E-state index in [1.54, 1.807) is 11.6 Å². The molecule has 2 aromatic rings. The number of likely N-dealkylation sites (tertiary alicyclic amines) is 1. The van der Waals surface area contributed by atoms with Crippen LogP contribution in [0.5, 0.6) is 0 Å². The lowest BCUT2D eigenvalue weighted by molar-refractivity contribution is 0.129. The molecule has 4 nitrogen and oxygen atoms in total. The van der Waals surface area contributed by atoms with Crippen LogP contribution < -0.4 is 4.90 Å². The van der Waals surface area contributed by atoms with E-state index < -0.39 is 0 Å². The van der Waals surface area contributed by atoms with Crippen LogP contribution >= 0.6 is 11.6 Å². The van der Waals surface area contributed by atoms with Crippen molar-refractivity contribution in [3.05, 3.63) is 52.8 Å². The Kier molecular flexibility index (Phi) is 5.03. The Morgan fingerprint density at radius 2 is 2.09 bits per heavy atom. The molecule has 168 valence electrons. The lowest BCUT2D eigenvalue weighted by Gasteiger charge is -2.39. The molecule has 3 fully saturated rings. The van der Waals surface area contributed by atoms with Crippen LogP contribution in [0.4, 0.5) is 10.2 Å². The van der Waals surface area contributed by atoms with Crippen LogP contribution in [0, 0.1) is 23.1 Å². The standard InChI is InChI=1S/C26H30ClFN4/c1-17-10-18-6-8-26(12-17,13-18)16-31-14-19-7-9-32(24(19)15-31)25-5-4-23(29-30-25)21-3-2-20(28)11-22(21)27/h2-6,11,17,19,24H,7-10,12-16H2,1H3. The van der Waals surface area contributed by atoms with Crippen LogP contribution in [0.1, 0.15) is 39.0 Å². The van der Waals surface area contributed by atoms with Gasteiger partial charge >= 0.3 is 0 Å². The number of fused-ring (bicyclic) bond motifs is 3. The number of benzene rings is 1. The minimum atomic E-state index is -0.343. The second kappa shape index (κ2) is 7.81. The molecule has 6 rings (SSSR count). The van der Waals surface area contributed by atoms with Crippen molar-refractivity contribution < 1.29 is 4.39 Å². The lowest BCUT2D eigenvalue weighted by atomic mass is 9.71. The zero-order valence-corrected chi connectivity index (χ0v) is 19.4. The van der Waals surface area contributed by atoms with Crippen molar-refractivity contribution in [1.29, 1.82) is 0 Å². The van der Waals surface area contributed by atoms with Gasteiger partial charge in [-0.3, -0.25) is 0 Å². The van der Waals surface area contributed by atoms with E-state index in [9.17, 15) is 4.39 Å². The van der Waals surface area contributed by atoms with Crippen LogP contribution in [-0.2, 0) is 0 Å². The molecular formula is C26H30ClFN4. The smallest absolute Gasteiger partial charge is 0.151 e. The van der Waals surface area contributed by atoms with E-state index in [4.69, 9.17) is 11.6 Å². The van der Waals surface area contributed by atoms with Gasteiger partial charge in [-0.2, -0.15) is 0 Å². The molecule has 4 aliphatic rings. The first-order valence-corrected chi connectivity index (χ1v) is 12.3. The third kappa shape index (κ3) is 3.63. The van der Waals surface area contributed by atoms with Gasteiger partial charge in [0.15, 0.2) is 5.82 Å². The summed E-state index contributed by atoms with van der Waals surface area (Å²) < 4.78 is 13.4. The van der Waals surface area contributed by atoms with Crippen molar-refractivity contribution in [2.24, 2.45) is 17.3 Å². The van der Waals surface area contributed by atoms with E-state index in [1.165, 1.54) is 57.3 Å². The third-order valence-electron chi connectivity index (χ3n) is 8.15. The topological polar surface area (TPSA) is 32.3 Å². The van der Waals surface area contributed by atoms with Crippen LogP contribution in [0.15, 0.2) is 42.0 Å². The highest BCUT2D eigenvalue weighted by Gasteiger charge is 2.46. The molecule has 1 aromatic carbocycles.